The molecule has 188 valence electrons. The molecule has 0 aliphatic heterocycles. The summed E-state index contributed by atoms with van der Waals surface area (Å²) in [5.41, 5.74) is 5.20. The van der Waals surface area contributed by atoms with Gasteiger partial charge in [-0.2, -0.15) is 0 Å². The average Bonchev–Trinajstić information content (AvgIpc) is 3.32. The molecule has 9 heteroatoms. The molecule has 1 aromatic heterocycles. The summed E-state index contributed by atoms with van der Waals surface area (Å²) in [4.78, 5) is 23.0. The fourth-order valence-electron chi connectivity index (χ4n) is 3.71. The molecule has 1 amide bonds. The number of carbonyl (C=O) groups is 1. The van der Waals surface area contributed by atoms with Gasteiger partial charge in [-0.05, 0) is 67.8 Å². The monoisotopic (exact) mass is 513 g/mol. The Hall–Kier alpha value is -4.24. The van der Waals surface area contributed by atoms with Crippen LogP contribution >= 0.6 is 11.8 Å². The van der Waals surface area contributed by atoms with Crippen LogP contribution in [0.2, 0.25) is 0 Å². The van der Waals surface area contributed by atoms with Gasteiger partial charge in [-0.15, -0.1) is 10.2 Å². The van der Waals surface area contributed by atoms with Gasteiger partial charge in [0.2, 0.25) is 5.91 Å². The number of aromatic nitrogens is 3. The number of non-ortho nitro benzene ring substituents is 1. The third kappa shape index (κ3) is 6.50. The Morgan fingerprint density at radius 1 is 1.05 bits per heavy atom. The van der Waals surface area contributed by atoms with Gasteiger partial charge in [0.15, 0.2) is 11.0 Å². The van der Waals surface area contributed by atoms with Crippen LogP contribution in [0, 0.1) is 24.0 Å². The Kier molecular flexibility index (Phi) is 8.15. The van der Waals surface area contributed by atoms with Crippen LogP contribution in [-0.4, -0.2) is 25.6 Å². The van der Waals surface area contributed by atoms with Crippen LogP contribution in [0.15, 0.2) is 84.0 Å². The van der Waals surface area contributed by atoms with E-state index in [4.69, 9.17) is 0 Å². The summed E-state index contributed by atoms with van der Waals surface area (Å²) in [6.45, 7) is 5.99. The topological polar surface area (TPSA) is 103 Å². The summed E-state index contributed by atoms with van der Waals surface area (Å²) >= 11 is 1.60. The SMILES string of the molecule is Cc1ccc(-n2c(SCc3ccccc3C)nnc2C(C)NC(=O)/C=C/c2ccc([N+](=O)[O-])cc2)cc1. The lowest BCUT2D eigenvalue weighted by atomic mass is 10.1. The van der Waals surface area contributed by atoms with E-state index in [-0.39, 0.29) is 11.6 Å². The summed E-state index contributed by atoms with van der Waals surface area (Å²) < 4.78 is 1.98. The lowest BCUT2D eigenvalue weighted by molar-refractivity contribution is -0.384. The highest BCUT2D eigenvalue weighted by Gasteiger charge is 2.21. The highest BCUT2D eigenvalue weighted by Crippen LogP contribution is 2.28. The van der Waals surface area contributed by atoms with Crippen molar-refractivity contribution in [1.82, 2.24) is 20.1 Å². The largest absolute Gasteiger partial charge is 0.343 e. The van der Waals surface area contributed by atoms with Gasteiger partial charge in [0.1, 0.15) is 0 Å². The Balaban J connectivity index is 1.53. The number of nitro groups is 1. The van der Waals surface area contributed by atoms with Crippen molar-refractivity contribution in [2.24, 2.45) is 0 Å². The van der Waals surface area contributed by atoms with E-state index in [0.717, 1.165) is 22.2 Å². The number of nitro benzene ring substituents is 1. The van der Waals surface area contributed by atoms with Gasteiger partial charge in [0.05, 0.1) is 11.0 Å². The van der Waals surface area contributed by atoms with Crippen molar-refractivity contribution in [3.63, 3.8) is 0 Å². The Morgan fingerprint density at radius 2 is 1.76 bits per heavy atom. The quantitative estimate of drug-likeness (QED) is 0.128. The first-order valence-corrected chi connectivity index (χ1v) is 12.7. The first kappa shape index (κ1) is 25.8. The first-order valence-electron chi connectivity index (χ1n) is 11.7. The maximum Gasteiger partial charge on any atom is 0.269 e. The minimum atomic E-state index is -0.459. The highest BCUT2D eigenvalue weighted by molar-refractivity contribution is 7.98. The minimum Gasteiger partial charge on any atom is -0.343 e. The Morgan fingerprint density at radius 3 is 2.43 bits per heavy atom. The zero-order chi connectivity index (χ0) is 26.4. The highest BCUT2D eigenvalue weighted by atomic mass is 32.2. The smallest absolute Gasteiger partial charge is 0.269 e. The molecule has 0 radical (unpaired) electrons. The Bertz CT molecular complexity index is 1430. The molecular weight excluding hydrogens is 486 g/mol. The van der Waals surface area contributed by atoms with E-state index in [0.29, 0.717) is 11.4 Å². The zero-order valence-electron chi connectivity index (χ0n) is 20.8. The van der Waals surface area contributed by atoms with E-state index in [1.54, 1.807) is 30.0 Å². The van der Waals surface area contributed by atoms with Crippen LogP contribution in [0.4, 0.5) is 5.69 Å². The summed E-state index contributed by atoms with van der Waals surface area (Å²) in [5.74, 6) is 1.06. The molecule has 0 aliphatic rings. The second-order valence-corrected chi connectivity index (χ2v) is 9.58. The molecule has 37 heavy (non-hydrogen) atoms. The molecule has 8 nitrogen and oxygen atoms in total. The van der Waals surface area contributed by atoms with E-state index in [2.05, 4.69) is 34.6 Å². The van der Waals surface area contributed by atoms with Crippen molar-refractivity contribution in [1.29, 1.82) is 0 Å². The predicted octanol–water partition coefficient (Wildman–Crippen LogP) is 5.98. The number of hydrogen-bond acceptors (Lipinski definition) is 6. The predicted molar refractivity (Wildman–Crippen MR) is 146 cm³/mol. The molecule has 1 heterocycles. The summed E-state index contributed by atoms with van der Waals surface area (Å²) in [7, 11) is 0. The number of nitrogens with one attached hydrogen (secondary N) is 1. The standard InChI is InChI=1S/C28H27N5O3S/c1-19-8-13-24(14-9-19)32-27(30-31-28(32)37-18-23-7-5-4-6-20(23)2)21(3)29-26(34)17-12-22-10-15-25(16-11-22)33(35)36/h4-17,21H,18H2,1-3H3,(H,29,34)/b17-12+. The third-order valence-electron chi connectivity index (χ3n) is 5.85. The molecule has 0 spiro atoms. The van der Waals surface area contributed by atoms with Crippen molar-refractivity contribution < 1.29 is 9.72 Å². The molecule has 0 fully saturated rings. The van der Waals surface area contributed by atoms with Gasteiger partial charge in [-0.3, -0.25) is 19.5 Å². The van der Waals surface area contributed by atoms with E-state index >= 15 is 0 Å². The molecule has 1 N–H and O–H groups in total. The molecule has 4 aromatic rings. The van der Waals surface area contributed by atoms with Crippen molar-refractivity contribution >= 4 is 29.4 Å². The van der Waals surface area contributed by atoms with E-state index in [1.807, 2.05) is 54.8 Å². The van der Waals surface area contributed by atoms with Crippen LogP contribution < -0.4 is 5.32 Å². The molecule has 4 rings (SSSR count). The van der Waals surface area contributed by atoms with Crippen LogP contribution in [0.1, 0.15) is 41.0 Å². The lowest BCUT2D eigenvalue weighted by Gasteiger charge is -2.16. The van der Waals surface area contributed by atoms with Crippen LogP contribution in [0.3, 0.4) is 0 Å². The van der Waals surface area contributed by atoms with Gasteiger partial charge >= 0.3 is 0 Å². The summed E-state index contributed by atoms with van der Waals surface area (Å²) in [5, 5.41) is 23.4. The van der Waals surface area contributed by atoms with Crippen LogP contribution in [-0.2, 0) is 10.5 Å². The van der Waals surface area contributed by atoms with Gasteiger partial charge in [-0.25, -0.2) is 0 Å². The second-order valence-electron chi connectivity index (χ2n) is 8.64. The fraction of sp³-hybridized carbons (Fsp3) is 0.179. The number of rotatable bonds is 9. The number of nitrogens with zero attached hydrogens (tertiary/aromatic N) is 4. The maximum atomic E-state index is 12.7. The van der Waals surface area contributed by atoms with E-state index < -0.39 is 11.0 Å². The second kappa shape index (κ2) is 11.7. The van der Waals surface area contributed by atoms with E-state index in [1.165, 1.54) is 29.3 Å². The van der Waals surface area contributed by atoms with Crippen LogP contribution in [0.25, 0.3) is 11.8 Å². The van der Waals surface area contributed by atoms with E-state index in [9.17, 15) is 14.9 Å². The van der Waals surface area contributed by atoms with Crippen molar-refractivity contribution in [3.8, 4) is 5.69 Å². The molecule has 0 aliphatic carbocycles. The number of aryl methyl sites for hydroxylation is 2. The van der Waals surface area contributed by atoms with Crippen LogP contribution in [0.5, 0.6) is 0 Å². The molecule has 0 bridgehead atoms. The summed E-state index contributed by atoms with van der Waals surface area (Å²) in [6, 6.07) is 21.9. The molecule has 1 unspecified atom stereocenters. The number of amides is 1. The van der Waals surface area contributed by atoms with Gasteiger partial charge in [0, 0.05) is 29.6 Å². The molecule has 0 saturated heterocycles. The number of benzene rings is 3. The fourth-order valence-corrected chi connectivity index (χ4v) is 4.75. The maximum absolute atomic E-state index is 12.7. The number of carbonyl (C=O) groups excluding carboxylic acids is 1. The molecule has 3 aromatic carbocycles. The molecular formula is C28H27N5O3S. The molecule has 0 saturated carbocycles. The van der Waals surface area contributed by atoms with Crippen molar-refractivity contribution in [3.05, 3.63) is 117 Å². The summed E-state index contributed by atoms with van der Waals surface area (Å²) in [6.07, 6.45) is 3.01. The number of hydrogen-bond donors (Lipinski definition) is 1. The normalized spacial score (nSPS) is 12.0. The average molecular weight is 514 g/mol. The number of thioether (sulfide) groups is 1. The zero-order valence-corrected chi connectivity index (χ0v) is 21.6. The first-order chi connectivity index (χ1) is 17.8. The van der Waals surface area contributed by atoms with Gasteiger partial charge < -0.3 is 5.32 Å². The minimum absolute atomic E-state index is 0.00163. The molecule has 1 atom stereocenters. The van der Waals surface area contributed by atoms with Gasteiger partial charge in [-0.1, -0.05) is 53.7 Å². The van der Waals surface area contributed by atoms with Crippen molar-refractivity contribution in [2.45, 2.75) is 37.7 Å². The Labute approximate surface area is 219 Å². The van der Waals surface area contributed by atoms with Crippen molar-refractivity contribution in [2.75, 3.05) is 0 Å². The van der Waals surface area contributed by atoms with Gasteiger partial charge in [0.25, 0.3) is 5.69 Å². The third-order valence-corrected chi connectivity index (χ3v) is 6.82. The lowest BCUT2D eigenvalue weighted by Crippen LogP contribution is -2.27.